The predicted octanol–water partition coefficient (Wildman–Crippen LogP) is 6.88. The number of amides is 1. The van der Waals surface area contributed by atoms with Crippen molar-refractivity contribution in [2.24, 2.45) is 5.92 Å². The second-order valence-electron chi connectivity index (χ2n) is 10.9. The van der Waals surface area contributed by atoms with Crippen LogP contribution in [0.3, 0.4) is 0 Å². The van der Waals surface area contributed by atoms with E-state index in [0.29, 0.717) is 12.3 Å². The lowest BCUT2D eigenvalue weighted by atomic mass is 10.0. The number of hydrogen-bond acceptors (Lipinski definition) is 2. The van der Waals surface area contributed by atoms with Crippen LogP contribution in [0.4, 0.5) is 0 Å². The van der Waals surface area contributed by atoms with E-state index in [2.05, 4.69) is 83.5 Å². The monoisotopic (exact) mass is 489 g/mol. The van der Waals surface area contributed by atoms with E-state index in [9.17, 15) is 4.79 Å². The van der Waals surface area contributed by atoms with Crippen LogP contribution in [0.15, 0.2) is 54.6 Å². The van der Waals surface area contributed by atoms with Gasteiger partial charge in [0.15, 0.2) is 0 Å². The molecule has 2 aromatic carbocycles. The van der Waals surface area contributed by atoms with Crippen LogP contribution in [-0.2, 0) is 24.1 Å². The molecule has 4 heteroatoms. The second-order valence-corrected chi connectivity index (χ2v) is 10.9. The Morgan fingerprint density at radius 1 is 0.889 bits per heavy atom. The lowest BCUT2D eigenvalue weighted by Gasteiger charge is -2.24. The zero-order valence-corrected chi connectivity index (χ0v) is 22.5. The molecule has 1 heterocycles. The highest BCUT2D eigenvalue weighted by atomic mass is 16.2. The molecule has 0 saturated heterocycles. The zero-order valence-electron chi connectivity index (χ0n) is 22.5. The Bertz CT molecular complexity index is 1070. The Labute approximate surface area is 219 Å². The molecule has 0 aliphatic heterocycles. The fraction of sp³-hybridized carbons (Fsp3) is 0.531. The van der Waals surface area contributed by atoms with Crippen molar-refractivity contribution in [2.45, 2.75) is 70.6 Å². The van der Waals surface area contributed by atoms with Crippen molar-refractivity contribution < 1.29 is 6.22 Å². The average Bonchev–Trinajstić information content (AvgIpc) is 3.53. The van der Waals surface area contributed by atoms with Crippen molar-refractivity contribution in [3.05, 3.63) is 71.4 Å². The van der Waals surface area contributed by atoms with Gasteiger partial charge in [0.25, 0.3) is 0 Å². The molecule has 3 aromatic rings. The fourth-order valence-corrected chi connectivity index (χ4v) is 5.84. The number of aryl methyl sites for hydroxylation is 2. The lowest BCUT2D eigenvalue weighted by Crippen LogP contribution is -2.34. The summed E-state index contributed by atoms with van der Waals surface area (Å²) in [5.41, 5.74) is 5.33. The van der Waals surface area contributed by atoms with Gasteiger partial charge < -0.3 is 14.8 Å². The summed E-state index contributed by atoms with van der Waals surface area (Å²) < 4.78 is 0. The van der Waals surface area contributed by atoms with Crippen molar-refractivity contribution in [1.82, 2.24) is 14.8 Å². The second kappa shape index (κ2) is 13.6. The Kier molecular flexibility index (Phi) is 10.0. The number of benzene rings is 2. The van der Waals surface area contributed by atoms with Crippen LogP contribution in [0.2, 0.25) is 0 Å². The minimum absolute atomic E-state index is 0. The molecule has 4 rings (SSSR count). The highest BCUT2D eigenvalue weighted by Gasteiger charge is 2.20. The van der Waals surface area contributed by atoms with Gasteiger partial charge in [-0.2, -0.15) is 0 Å². The van der Waals surface area contributed by atoms with Crippen molar-refractivity contribution in [2.75, 3.05) is 33.7 Å². The van der Waals surface area contributed by atoms with Gasteiger partial charge in [-0.05, 0) is 82.3 Å². The third-order valence-corrected chi connectivity index (χ3v) is 7.90. The first-order valence-corrected chi connectivity index (χ1v) is 14.1. The number of nitrogens with zero attached hydrogens (tertiary/aromatic N) is 2. The van der Waals surface area contributed by atoms with Gasteiger partial charge in [0.2, 0.25) is 5.91 Å². The van der Waals surface area contributed by atoms with Crippen LogP contribution >= 0.6 is 0 Å². The van der Waals surface area contributed by atoms with Crippen molar-refractivity contribution in [3.8, 4) is 0 Å². The highest BCUT2D eigenvalue weighted by Crippen LogP contribution is 2.29. The van der Waals surface area contributed by atoms with Crippen molar-refractivity contribution in [3.63, 3.8) is 0 Å². The number of aromatic nitrogens is 1. The smallest absolute Gasteiger partial charge is 0.222 e. The number of carbonyl (C=O) groups is 1. The number of aromatic amines is 1. The van der Waals surface area contributed by atoms with Crippen LogP contribution in [-0.4, -0.2) is 54.4 Å². The molecule has 36 heavy (non-hydrogen) atoms. The lowest BCUT2D eigenvalue weighted by molar-refractivity contribution is -0.131. The van der Waals surface area contributed by atoms with E-state index in [0.717, 1.165) is 64.1 Å². The third-order valence-electron chi connectivity index (χ3n) is 7.90. The summed E-state index contributed by atoms with van der Waals surface area (Å²) >= 11 is 0. The molecule has 0 unspecified atom stereocenters. The summed E-state index contributed by atoms with van der Waals surface area (Å²) in [7, 11) is 4.27. The first-order chi connectivity index (χ1) is 17.6. The summed E-state index contributed by atoms with van der Waals surface area (Å²) in [5.74, 6) is 1.11. The summed E-state index contributed by atoms with van der Waals surface area (Å²) in [4.78, 5) is 21.5. The van der Waals surface area contributed by atoms with E-state index in [-0.39, 0.29) is 1.43 Å². The minimum Gasteiger partial charge on any atom is -0.358 e. The van der Waals surface area contributed by atoms with Gasteiger partial charge in [0.05, 0.1) is 0 Å². The molecule has 1 aliphatic carbocycles. The largest absolute Gasteiger partial charge is 0.358 e. The van der Waals surface area contributed by atoms with Gasteiger partial charge in [-0.3, -0.25) is 4.79 Å². The molecule has 1 amide bonds. The van der Waals surface area contributed by atoms with Gasteiger partial charge in [0, 0.05) is 37.5 Å². The van der Waals surface area contributed by atoms with E-state index in [4.69, 9.17) is 0 Å². The first kappa shape index (κ1) is 26.5. The Morgan fingerprint density at radius 2 is 1.61 bits per heavy atom. The number of hydrogen-bond donors (Lipinski definition) is 1. The molecule has 1 saturated carbocycles. The van der Waals surface area contributed by atoms with Crippen LogP contribution in [0.5, 0.6) is 0 Å². The molecule has 1 aromatic heterocycles. The molecule has 0 radical (unpaired) electrons. The Hall–Kier alpha value is -2.59. The van der Waals surface area contributed by atoms with E-state index in [1.807, 2.05) is 0 Å². The van der Waals surface area contributed by atoms with Crippen LogP contribution < -0.4 is 0 Å². The van der Waals surface area contributed by atoms with Gasteiger partial charge in [0.1, 0.15) is 0 Å². The van der Waals surface area contributed by atoms with E-state index >= 15 is 0 Å². The number of H-pyrrole nitrogens is 1. The summed E-state index contributed by atoms with van der Waals surface area (Å²) in [6, 6.07) is 19.3. The zero-order chi connectivity index (χ0) is 25.2. The van der Waals surface area contributed by atoms with Gasteiger partial charge in [-0.1, -0.05) is 74.2 Å². The van der Waals surface area contributed by atoms with Crippen LogP contribution in [0.1, 0.15) is 69.6 Å². The molecule has 1 N–H and O–H groups in total. The maximum Gasteiger partial charge on any atom is 0.222 e. The molecule has 1 aliphatic rings. The third kappa shape index (κ3) is 7.70. The number of fused-ring (bicyclic) bond motifs is 1. The molecular formula is C32H47N3O. The quantitative estimate of drug-likeness (QED) is 0.268. The highest BCUT2D eigenvalue weighted by molar-refractivity contribution is 5.84. The Balaban J connectivity index is 0.00000380. The molecule has 1 fully saturated rings. The maximum atomic E-state index is 13.4. The fourth-order valence-electron chi connectivity index (χ4n) is 5.84. The average molecular weight is 490 g/mol. The standard InChI is InChI=1S/C32H45N3O.H2/c1-34(2)23-11-19-31-29(28-17-8-9-18-30(28)33-31)22-25-35(24-10-16-26-12-4-3-5-13-26)32(36)21-20-27-14-6-7-15-27;/h3-5,8-9,12-13,17-18,27,33H,6-7,10-11,14-16,19-25H2,1-2H3;1H. The SMILES string of the molecule is CN(C)CCCc1[nH]c2ccccc2c1CCN(CCCc1ccccc1)C(=O)CCC1CCCC1.[HH]. The molecule has 0 spiro atoms. The first-order valence-electron chi connectivity index (χ1n) is 14.1. The van der Waals surface area contributed by atoms with Gasteiger partial charge in [-0.15, -0.1) is 0 Å². The Morgan fingerprint density at radius 3 is 2.39 bits per heavy atom. The van der Waals surface area contributed by atoms with Crippen LogP contribution in [0.25, 0.3) is 10.9 Å². The van der Waals surface area contributed by atoms with Crippen molar-refractivity contribution >= 4 is 16.8 Å². The number of carbonyl (C=O) groups excluding carboxylic acids is 1. The minimum atomic E-state index is 0. The van der Waals surface area contributed by atoms with E-state index in [1.165, 1.54) is 53.4 Å². The van der Waals surface area contributed by atoms with Crippen molar-refractivity contribution in [1.29, 1.82) is 0 Å². The normalized spacial score (nSPS) is 14.2. The molecule has 4 nitrogen and oxygen atoms in total. The number of para-hydroxylation sites is 1. The summed E-state index contributed by atoms with van der Waals surface area (Å²) in [5, 5.41) is 1.32. The molecule has 0 atom stereocenters. The molecule has 196 valence electrons. The maximum absolute atomic E-state index is 13.4. The van der Waals surface area contributed by atoms with Gasteiger partial charge in [-0.25, -0.2) is 0 Å². The topological polar surface area (TPSA) is 39.3 Å². The number of nitrogens with one attached hydrogen (secondary N) is 1. The predicted molar refractivity (Wildman–Crippen MR) is 154 cm³/mol. The summed E-state index contributed by atoms with van der Waals surface area (Å²) in [6.45, 7) is 2.73. The molecular weight excluding hydrogens is 442 g/mol. The number of rotatable bonds is 14. The summed E-state index contributed by atoms with van der Waals surface area (Å²) in [6.07, 6.45) is 12.2. The molecule has 0 bridgehead atoms. The van der Waals surface area contributed by atoms with E-state index < -0.39 is 0 Å². The van der Waals surface area contributed by atoms with Crippen LogP contribution in [0, 0.1) is 5.92 Å². The van der Waals surface area contributed by atoms with E-state index in [1.54, 1.807) is 0 Å². The van der Waals surface area contributed by atoms with Gasteiger partial charge >= 0.3 is 0 Å².